The van der Waals surface area contributed by atoms with Crippen LogP contribution in [0.15, 0.2) is 24.3 Å². The molecule has 0 N–H and O–H groups in total. The Morgan fingerprint density at radius 3 is 2.15 bits per heavy atom. The Morgan fingerprint density at radius 2 is 1.65 bits per heavy atom. The minimum absolute atomic E-state index is 0.213. The summed E-state index contributed by atoms with van der Waals surface area (Å²) in [5, 5.41) is 0.740. The molecule has 0 heterocycles. The second-order valence-corrected chi connectivity index (χ2v) is 5.62. The summed E-state index contributed by atoms with van der Waals surface area (Å²) < 4.78 is 0. The van der Waals surface area contributed by atoms with Gasteiger partial charge in [-0.05, 0) is 37.6 Å². The van der Waals surface area contributed by atoms with Crippen molar-refractivity contribution in [3.05, 3.63) is 34.9 Å². The van der Waals surface area contributed by atoms with Crippen LogP contribution in [-0.4, -0.2) is 42.4 Å². The SMILES string of the molecule is CCCN(CCC)C(=O)CN(C)Cc1ccc(Cl)cc1. The van der Waals surface area contributed by atoms with E-state index < -0.39 is 0 Å². The van der Waals surface area contributed by atoms with Gasteiger partial charge in [0.15, 0.2) is 0 Å². The van der Waals surface area contributed by atoms with Gasteiger partial charge in [-0.3, -0.25) is 9.69 Å². The topological polar surface area (TPSA) is 23.6 Å². The van der Waals surface area contributed by atoms with Crippen LogP contribution in [0.3, 0.4) is 0 Å². The maximum absolute atomic E-state index is 12.2. The molecular formula is C16H25ClN2O. The van der Waals surface area contributed by atoms with Gasteiger partial charge in [0.05, 0.1) is 6.54 Å². The normalized spacial score (nSPS) is 10.8. The first kappa shape index (κ1) is 17.0. The molecule has 1 rings (SSSR count). The second kappa shape index (κ2) is 8.98. The quantitative estimate of drug-likeness (QED) is 0.734. The number of hydrogen-bond donors (Lipinski definition) is 0. The smallest absolute Gasteiger partial charge is 0.236 e. The molecule has 112 valence electrons. The fourth-order valence-corrected chi connectivity index (χ4v) is 2.32. The van der Waals surface area contributed by atoms with Gasteiger partial charge in [0.25, 0.3) is 0 Å². The molecule has 1 aromatic rings. The molecule has 20 heavy (non-hydrogen) atoms. The Hall–Kier alpha value is -1.06. The number of carbonyl (C=O) groups excluding carboxylic acids is 1. The van der Waals surface area contributed by atoms with E-state index in [9.17, 15) is 4.79 Å². The zero-order chi connectivity index (χ0) is 15.0. The molecule has 0 radical (unpaired) electrons. The second-order valence-electron chi connectivity index (χ2n) is 5.18. The molecule has 1 amide bonds. The number of carbonyl (C=O) groups is 1. The zero-order valence-electron chi connectivity index (χ0n) is 12.7. The molecule has 0 saturated carbocycles. The molecule has 0 aromatic heterocycles. The van der Waals surface area contributed by atoms with E-state index in [1.54, 1.807) is 0 Å². The van der Waals surface area contributed by atoms with Gasteiger partial charge in [-0.2, -0.15) is 0 Å². The van der Waals surface area contributed by atoms with Crippen LogP contribution in [0.2, 0.25) is 5.02 Å². The highest BCUT2D eigenvalue weighted by Crippen LogP contribution is 2.11. The highest BCUT2D eigenvalue weighted by molar-refractivity contribution is 6.30. The Morgan fingerprint density at radius 1 is 1.10 bits per heavy atom. The number of amides is 1. The van der Waals surface area contributed by atoms with Crippen molar-refractivity contribution < 1.29 is 4.79 Å². The van der Waals surface area contributed by atoms with E-state index in [-0.39, 0.29) is 5.91 Å². The van der Waals surface area contributed by atoms with Crippen molar-refractivity contribution in [3.63, 3.8) is 0 Å². The van der Waals surface area contributed by atoms with E-state index in [2.05, 4.69) is 13.8 Å². The van der Waals surface area contributed by atoms with Gasteiger partial charge in [0.2, 0.25) is 5.91 Å². The number of benzene rings is 1. The fraction of sp³-hybridized carbons (Fsp3) is 0.562. The maximum Gasteiger partial charge on any atom is 0.236 e. The van der Waals surface area contributed by atoms with E-state index in [1.807, 2.05) is 41.1 Å². The van der Waals surface area contributed by atoms with Crippen molar-refractivity contribution in [2.24, 2.45) is 0 Å². The fourth-order valence-electron chi connectivity index (χ4n) is 2.19. The van der Waals surface area contributed by atoms with Crippen LogP contribution in [-0.2, 0) is 11.3 Å². The van der Waals surface area contributed by atoms with Gasteiger partial charge in [-0.25, -0.2) is 0 Å². The third-order valence-corrected chi connectivity index (χ3v) is 3.36. The van der Waals surface area contributed by atoms with E-state index in [4.69, 9.17) is 11.6 Å². The summed E-state index contributed by atoms with van der Waals surface area (Å²) >= 11 is 5.87. The number of hydrogen-bond acceptors (Lipinski definition) is 2. The number of halogens is 1. The van der Waals surface area contributed by atoms with Crippen molar-refractivity contribution in [2.45, 2.75) is 33.2 Å². The summed E-state index contributed by atoms with van der Waals surface area (Å²) in [5.74, 6) is 0.213. The molecule has 0 saturated heterocycles. The van der Waals surface area contributed by atoms with Gasteiger partial charge in [0, 0.05) is 24.7 Å². The lowest BCUT2D eigenvalue weighted by Crippen LogP contribution is -2.39. The minimum Gasteiger partial charge on any atom is -0.342 e. The van der Waals surface area contributed by atoms with Gasteiger partial charge in [-0.15, -0.1) is 0 Å². The third kappa shape index (κ3) is 5.93. The van der Waals surface area contributed by atoms with E-state index in [1.165, 1.54) is 5.56 Å². The first-order chi connectivity index (χ1) is 9.56. The number of nitrogens with zero attached hydrogens (tertiary/aromatic N) is 2. The lowest BCUT2D eigenvalue weighted by atomic mass is 10.2. The highest BCUT2D eigenvalue weighted by atomic mass is 35.5. The van der Waals surface area contributed by atoms with Crippen LogP contribution < -0.4 is 0 Å². The number of rotatable bonds is 8. The van der Waals surface area contributed by atoms with E-state index >= 15 is 0 Å². The van der Waals surface area contributed by atoms with Gasteiger partial charge >= 0.3 is 0 Å². The lowest BCUT2D eigenvalue weighted by Gasteiger charge is -2.25. The molecule has 0 aliphatic carbocycles. The lowest BCUT2D eigenvalue weighted by molar-refractivity contribution is -0.132. The molecule has 0 unspecified atom stereocenters. The Kier molecular flexibility index (Phi) is 7.63. The van der Waals surface area contributed by atoms with Crippen molar-refractivity contribution in [3.8, 4) is 0 Å². The predicted molar refractivity (Wildman–Crippen MR) is 84.9 cm³/mol. The minimum atomic E-state index is 0.213. The molecule has 0 aliphatic rings. The Bertz CT molecular complexity index is 399. The molecule has 0 atom stereocenters. The van der Waals surface area contributed by atoms with E-state index in [0.717, 1.165) is 37.5 Å². The highest BCUT2D eigenvalue weighted by Gasteiger charge is 2.14. The van der Waals surface area contributed by atoms with Gasteiger partial charge in [-0.1, -0.05) is 37.6 Å². The molecule has 1 aromatic carbocycles. The molecule has 0 spiro atoms. The largest absolute Gasteiger partial charge is 0.342 e. The van der Waals surface area contributed by atoms with Crippen LogP contribution >= 0.6 is 11.6 Å². The summed E-state index contributed by atoms with van der Waals surface area (Å²) in [6.07, 6.45) is 2.01. The van der Waals surface area contributed by atoms with Crippen LogP contribution in [0.5, 0.6) is 0 Å². The van der Waals surface area contributed by atoms with E-state index in [0.29, 0.717) is 6.54 Å². The molecule has 4 heteroatoms. The molecule has 3 nitrogen and oxygen atoms in total. The van der Waals surface area contributed by atoms with Crippen LogP contribution in [0.4, 0.5) is 0 Å². The van der Waals surface area contributed by atoms with Gasteiger partial charge in [0.1, 0.15) is 0 Å². The summed E-state index contributed by atoms with van der Waals surface area (Å²) in [6, 6.07) is 7.76. The Labute approximate surface area is 127 Å². The van der Waals surface area contributed by atoms with Crippen molar-refractivity contribution in [1.82, 2.24) is 9.80 Å². The summed E-state index contributed by atoms with van der Waals surface area (Å²) in [6.45, 7) is 7.13. The molecule has 0 bridgehead atoms. The van der Waals surface area contributed by atoms with Crippen LogP contribution in [0.25, 0.3) is 0 Å². The molecule has 0 fully saturated rings. The monoisotopic (exact) mass is 296 g/mol. The average Bonchev–Trinajstić information content (AvgIpc) is 2.41. The van der Waals surface area contributed by atoms with Gasteiger partial charge < -0.3 is 4.90 Å². The predicted octanol–water partition coefficient (Wildman–Crippen LogP) is 3.42. The van der Waals surface area contributed by atoms with Crippen LogP contribution in [0, 0.1) is 0 Å². The van der Waals surface area contributed by atoms with Crippen LogP contribution in [0.1, 0.15) is 32.3 Å². The average molecular weight is 297 g/mol. The zero-order valence-corrected chi connectivity index (χ0v) is 13.5. The maximum atomic E-state index is 12.2. The first-order valence-electron chi connectivity index (χ1n) is 7.27. The third-order valence-electron chi connectivity index (χ3n) is 3.11. The summed E-state index contributed by atoms with van der Waals surface area (Å²) in [7, 11) is 1.97. The van der Waals surface area contributed by atoms with Crippen molar-refractivity contribution in [2.75, 3.05) is 26.7 Å². The summed E-state index contributed by atoms with van der Waals surface area (Å²) in [4.78, 5) is 16.2. The molecule has 0 aliphatic heterocycles. The van der Waals surface area contributed by atoms with Crippen molar-refractivity contribution in [1.29, 1.82) is 0 Å². The number of likely N-dealkylation sites (N-methyl/N-ethyl adjacent to an activating group) is 1. The molecular weight excluding hydrogens is 272 g/mol. The first-order valence-corrected chi connectivity index (χ1v) is 7.65. The summed E-state index contributed by atoms with van der Waals surface area (Å²) in [5.41, 5.74) is 1.17. The van der Waals surface area contributed by atoms with Crippen molar-refractivity contribution >= 4 is 17.5 Å². The standard InChI is InChI=1S/C16H25ClN2O/c1-4-10-19(11-5-2)16(20)13-18(3)12-14-6-8-15(17)9-7-14/h6-9H,4-5,10-13H2,1-3H3. The Balaban J connectivity index is 2.49.